The summed E-state index contributed by atoms with van der Waals surface area (Å²) in [5, 5.41) is 5.54. The van der Waals surface area contributed by atoms with Gasteiger partial charge in [0, 0.05) is 30.1 Å². The Morgan fingerprint density at radius 1 is 1.20 bits per heavy atom. The Bertz CT molecular complexity index is 1190. The van der Waals surface area contributed by atoms with Gasteiger partial charge in [0.05, 0.1) is 15.0 Å². The van der Waals surface area contributed by atoms with Crippen LogP contribution in [-0.4, -0.2) is 40.7 Å². The van der Waals surface area contributed by atoms with Gasteiger partial charge in [-0.15, -0.1) is 0 Å². The Hall–Kier alpha value is -2.86. The van der Waals surface area contributed by atoms with E-state index >= 15 is 0 Å². The van der Waals surface area contributed by atoms with Crippen LogP contribution >= 0.6 is 11.3 Å². The quantitative estimate of drug-likeness (QED) is 0.543. The molecule has 0 aliphatic heterocycles. The van der Waals surface area contributed by atoms with E-state index in [1.54, 1.807) is 27.7 Å². The predicted molar refractivity (Wildman–Crippen MR) is 116 cm³/mol. The fraction of sp³-hybridized carbons (Fsp3) is 0.333. The first-order chi connectivity index (χ1) is 14.0. The molecule has 2 aromatic heterocycles. The molecule has 2 heterocycles. The highest BCUT2D eigenvalue weighted by Gasteiger charge is 2.29. The molecular weight excluding hydrogens is 431 g/mol. The van der Waals surface area contributed by atoms with Crippen LogP contribution in [0.15, 0.2) is 24.5 Å². The third-order valence-electron chi connectivity index (χ3n) is 4.03. The molecule has 3 aromatic rings. The molecular formula is C18H21FN6O3S2. The molecule has 0 fully saturated rings. The second-order valence-electron chi connectivity index (χ2n) is 7.32. The molecule has 12 heteroatoms. The third-order valence-corrected chi connectivity index (χ3v) is 7.03. The van der Waals surface area contributed by atoms with Crippen molar-refractivity contribution in [2.75, 3.05) is 16.6 Å². The molecule has 2 amide bonds. The first kappa shape index (κ1) is 21.8. The van der Waals surface area contributed by atoms with Crippen LogP contribution in [0.2, 0.25) is 0 Å². The fourth-order valence-electron chi connectivity index (χ4n) is 2.32. The highest BCUT2D eigenvalue weighted by Crippen LogP contribution is 2.32. The molecule has 160 valence electrons. The normalized spacial score (nSPS) is 12.0. The summed E-state index contributed by atoms with van der Waals surface area (Å²) in [6.07, 6.45) is 2.66. The Labute approximate surface area is 177 Å². The summed E-state index contributed by atoms with van der Waals surface area (Å²) in [6, 6.07) is 2.46. The average Bonchev–Trinajstić information content (AvgIpc) is 3.01. The molecule has 3 N–H and O–H groups in total. The molecule has 0 aliphatic carbocycles. The number of halogens is 1. The van der Waals surface area contributed by atoms with Crippen molar-refractivity contribution in [3.63, 3.8) is 0 Å². The summed E-state index contributed by atoms with van der Waals surface area (Å²) >= 11 is 1.15. The van der Waals surface area contributed by atoms with Crippen LogP contribution in [0.25, 0.3) is 21.3 Å². The lowest BCUT2D eigenvalue weighted by molar-refractivity contribution is 0.252. The van der Waals surface area contributed by atoms with Crippen molar-refractivity contribution in [3.8, 4) is 11.1 Å². The number of nitrogens with zero attached hydrogens (tertiary/aromatic N) is 3. The van der Waals surface area contributed by atoms with E-state index in [-0.39, 0.29) is 17.5 Å². The first-order valence-corrected chi connectivity index (χ1v) is 11.3. The topological polar surface area (TPSA) is 126 Å². The zero-order valence-electron chi connectivity index (χ0n) is 16.8. The van der Waals surface area contributed by atoms with Crippen molar-refractivity contribution < 1.29 is 17.6 Å². The lowest BCUT2D eigenvalue weighted by Crippen LogP contribution is -2.34. The van der Waals surface area contributed by atoms with E-state index in [9.17, 15) is 17.6 Å². The van der Waals surface area contributed by atoms with Crippen molar-refractivity contribution in [3.05, 3.63) is 30.3 Å². The zero-order valence-corrected chi connectivity index (χ0v) is 18.4. The van der Waals surface area contributed by atoms with Gasteiger partial charge < -0.3 is 5.32 Å². The van der Waals surface area contributed by atoms with Crippen molar-refractivity contribution in [1.82, 2.24) is 20.3 Å². The number of fused-ring (bicyclic) bond motifs is 1. The number of anilines is 2. The van der Waals surface area contributed by atoms with Gasteiger partial charge in [0.2, 0.25) is 16.0 Å². The molecule has 0 aliphatic rings. The van der Waals surface area contributed by atoms with Crippen LogP contribution in [0.3, 0.4) is 0 Å². The van der Waals surface area contributed by atoms with Gasteiger partial charge >= 0.3 is 6.03 Å². The lowest BCUT2D eigenvalue weighted by atomic mass is 10.1. The van der Waals surface area contributed by atoms with Crippen LogP contribution < -0.4 is 15.4 Å². The van der Waals surface area contributed by atoms with Crippen molar-refractivity contribution in [1.29, 1.82) is 0 Å². The number of carbonyl (C=O) groups excluding carboxylic acids is 1. The van der Waals surface area contributed by atoms with Crippen LogP contribution in [0.4, 0.5) is 20.3 Å². The van der Waals surface area contributed by atoms with E-state index in [2.05, 4.69) is 30.3 Å². The molecule has 0 bridgehead atoms. The molecule has 0 unspecified atom stereocenters. The maximum Gasteiger partial charge on any atom is 0.321 e. The number of amides is 2. The summed E-state index contributed by atoms with van der Waals surface area (Å²) in [6.45, 7) is 6.92. The van der Waals surface area contributed by atoms with Gasteiger partial charge in [0.25, 0.3) is 0 Å². The fourth-order valence-corrected chi connectivity index (χ4v) is 3.84. The highest BCUT2D eigenvalue weighted by molar-refractivity contribution is 7.94. The number of carbonyl (C=O) groups is 1. The summed E-state index contributed by atoms with van der Waals surface area (Å²) in [5.41, 5.74) is 1.07. The van der Waals surface area contributed by atoms with Crippen LogP contribution in [0, 0.1) is 5.82 Å². The van der Waals surface area contributed by atoms with Gasteiger partial charge in [-0.05, 0) is 39.8 Å². The smallest absolute Gasteiger partial charge is 0.321 e. The number of nitrogens with one attached hydrogen (secondary N) is 3. The monoisotopic (exact) mass is 452 g/mol. The molecule has 30 heavy (non-hydrogen) atoms. The van der Waals surface area contributed by atoms with Crippen LogP contribution in [0.5, 0.6) is 0 Å². The van der Waals surface area contributed by atoms with Gasteiger partial charge in [-0.2, -0.15) is 0 Å². The standard InChI is InChI=1S/C18H21FN6O3S2/c1-5-20-16(26)24-17-23-13-6-11(12(19)7-14(13)29-17)10-8-21-15(22-9-10)25-30(27,28)18(2,3)4/h6-9H,5H2,1-4H3,(H,21,22,25)(H2,20,23,24,26). The third kappa shape index (κ3) is 4.65. The largest absolute Gasteiger partial charge is 0.338 e. The number of hydrogen-bond acceptors (Lipinski definition) is 7. The molecule has 9 nitrogen and oxygen atoms in total. The Morgan fingerprint density at radius 2 is 1.87 bits per heavy atom. The number of thiazole rings is 1. The first-order valence-electron chi connectivity index (χ1n) is 9.00. The summed E-state index contributed by atoms with van der Waals surface area (Å²) in [7, 11) is -3.67. The minimum atomic E-state index is -3.67. The van der Waals surface area contributed by atoms with Crippen LogP contribution in [-0.2, 0) is 10.0 Å². The minimum Gasteiger partial charge on any atom is -0.338 e. The summed E-state index contributed by atoms with van der Waals surface area (Å²) < 4.78 is 40.9. The minimum absolute atomic E-state index is 0.0998. The van der Waals surface area contributed by atoms with E-state index in [4.69, 9.17) is 0 Å². The Balaban J connectivity index is 1.87. The lowest BCUT2D eigenvalue weighted by Gasteiger charge is -2.19. The van der Waals surface area contributed by atoms with E-state index < -0.39 is 20.6 Å². The number of urea groups is 1. The number of rotatable bonds is 5. The van der Waals surface area contributed by atoms with Gasteiger partial charge in [0.15, 0.2) is 5.13 Å². The molecule has 0 saturated carbocycles. The SMILES string of the molecule is CCNC(=O)Nc1nc2cc(-c3cnc(NS(=O)(=O)C(C)(C)C)nc3)c(F)cc2s1. The molecule has 0 radical (unpaired) electrons. The Morgan fingerprint density at radius 3 is 2.47 bits per heavy atom. The van der Waals surface area contributed by atoms with E-state index in [1.807, 2.05) is 0 Å². The summed E-state index contributed by atoms with van der Waals surface area (Å²) in [4.78, 5) is 23.9. The van der Waals surface area contributed by atoms with Gasteiger partial charge in [-0.25, -0.2) is 32.6 Å². The van der Waals surface area contributed by atoms with E-state index in [1.165, 1.54) is 24.5 Å². The molecule has 3 rings (SSSR count). The Kier molecular flexibility index (Phi) is 5.90. The zero-order chi connectivity index (χ0) is 22.1. The number of sulfonamides is 1. The predicted octanol–water partition coefficient (Wildman–Crippen LogP) is 3.57. The van der Waals surface area contributed by atoms with E-state index in [0.717, 1.165) is 11.3 Å². The number of aromatic nitrogens is 3. The molecule has 0 atom stereocenters. The molecule has 0 saturated heterocycles. The maximum atomic E-state index is 14.6. The van der Waals surface area contributed by atoms with Crippen molar-refractivity contribution in [2.45, 2.75) is 32.4 Å². The van der Waals surface area contributed by atoms with Gasteiger partial charge in [-0.3, -0.25) is 10.0 Å². The van der Waals surface area contributed by atoms with E-state index in [0.29, 0.717) is 27.5 Å². The average molecular weight is 453 g/mol. The van der Waals surface area contributed by atoms with Crippen molar-refractivity contribution in [2.24, 2.45) is 0 Å². The molecule has 1 aromatic carbocycles. The van der Waals surface area contributed by atoms with Gasteiger partial charge in [-0.1, -0.05) is 11.3 Å². The van der Waals surface area contributed by atoms with Crippen LogP contribution in [0.1, 0.15) is 27.7 Å². The highest BCUT2D eigenvalue weighted by atomic mass is 32.2. The number of hydrogen-bond donors (Lipinski definition) is 3. The van der Waals surface area contributed by atoms with Gasteiger partial charge in [0.1, 0.15) is 5.82 Å². The number of benzene rings is 1. The second kappa shape index (κ2) is 8.11. The second-order valence-corrected chi connectivity index (χ2v) is 10.8. The molecule has 0 spiro atoms. The van der Waals surface area contributed by atoms with Crippen molar-refractivity contribution >= 4 is 48.7 Å². The maximum absolute atomic E-state index is 14.6. The summed E-state index contributed by atoms with van der Waals surface area (Å²) in [5.74, 6) is -0.612.